The third kappa shape index (κ3) is 5.99. The molecule has 0 bridgehead atoms. The van der Waals surface area contributed by atoms with E-state index in [-0.39, 0.29) is 37.1 Å². The number of furan rings is 1. The van der Waals surface area contributed by atoms with Gasteiger partial charge in [0.1, 0.15) is 0 Å². The fourth-order valence-corrected chi connectivity index (χ4v) is 1.90. The fourth-order valence-electron chi connectivity index (χ4n) is 1.60. The van der Waals surface area contributed by atoms with Crippen LogP contribution < -0.4 is 5.32 Å². The maximum Gasteiger partial charge on any atom is 0.307 e. The molecule has 0 fully saturated rings. The average molecular weight is 361 g/mol. The number of hydrogen-bond acceptors (Lipinski definition) is 5. The second-order valence-corrected chi connectivity index (χ2v) is 4.99. The number of nitrogens with one attached hydrogen (secondary N) is 1. The number of carbonyl (C=O) groups excluding carboxylic acids is 3. The van der Waals surface area contributed by atoms with Gasteiger partial charge < -0.3 is 19.4 Å². The van der Waals surface area contributed by atoms with E-state index in [9.17, 15) is 14.4 Å². The zero-order valence-corrected chi connectivity index (χ0v) is 13.4. The predicted octanol–water partition coefficient (Wildman–Crippen LogP) is 1.18. The molecule has 0 aliphatic rings. The van der Waals surface area contributed by atoms with Crippen LogP contribution in [0, 0.1) is 0 Å². The van der Waals surface area contributed by atoms with Gasteiger partial charge in [-0.3, -0.25) is 14.4 Å². The lowest BCUT2D eigenvalue weighted by molar-refractivity contribution is -0.140. The maximum absolute atomic E-state index is 12.3. The summed E-state index contributed by atoms with van der Waals surface area (Å²) in [6.45, 7) is 2.14. The number of ether oxygens (including phenoxy) is 1. The van der Waals surface area contributed by atoms with Crippen molar-refractivity contribution in [1.82, 2.24) is 10.2 Å². The molecule has 1 aromatic rings. The van der Waals surface area contributed by atoms with Crippen molar-refractivity contribution in [1.29, 1.82) is 0 Å². The molecule has 116 valence electrons. The predicted molar refractivity (Wildman–Crippen MR) is 77.6 cm³/mol. The van der Waals surface area contributed by atoms with Crippen molar-refractivity contribution in [2.45, 2.75) is 13.3 Å². The van der Waals surface area contributed by atoms with E-state index in [0.29, 0.717) is 11.2 Å². The van der Waals surface area contributed by atoms with Crippen molar-refractivity contribution in [3.8, 4) is 0 Å². The summed E-state index contributed by atoms with van der Waals surface area (Å²) in [5.74, 6) is -0.784. The molecule has 0 aliphatic heterocycles. The molecule has 0 unspecified atom stereocenters. The molecule has 7 nitrogen and oxygen atoms in total. The topological polar surface area (TPSA) is 88.9 Å². The van der Waals surface area contributed by atoms with Gasteiger partial charge in [-0.15, -0.1) is 0 Å². The Morgan fingerprint density at radius 2 is 2.05 bits per heavy atom. The first-order valence-electron chi connectivity index (χ1n) is 6.30. The van der Waals surface area contributed by atoms with E-state index in [1.807, 2.05) is 0 Å². The zero-order valence-electron chi connectivity index (χ0n) is 11.8. The summed E-state index contributed by atoms with van der Waals surface area (Å²) in [7, 11) is 1.29. The summed E-state index contributed by atoms with van der Waals surface area (Å²) in [6, 6.07) is 3.15. The summed E-state index contributed by atoms with van der Waals surface area (Å²) >= 11 is 3.13. The van der Waals surface area contributed by atoms with Gasteiger partial charge in [0.15, 0.2) is 10.4 Å². The highest BCUT2D eigenvalue weighted by atomic mass is 79.9. The monoisotopic (exact) mass is 360 g/mol. The minimum absolute atomic E-state index is 0.0736. The Bertz CT molecular complexity index is 514. The number of esters is 1. The van der Waals surface area contributed by atoms with Crippen molar-refractivity contribution < 1.29 is 23.5 Å². The summed E-state index contributed by atoms with van der Waals surface area (Å²) < 4.78 is 10.2. The Balaban J connectivity index is 2.67. The highest BCUT2D eigenvalue weighted by molar-refractivity contribution is 9.10. The molecule has 1 N–H and O–H groups in total. The molecule has 0 atom stereocenters. The SMILES string of the molecule is COC(=O)CCN(CCNC(C)=O)C(=O)c1ccc(Br)o1. The van der Waals surface area contributed by atoms with E-state index in [1.165, 1.54) is 25.0 Å². The molecule has 0 spiro atoms. The van der Waals surface area contributed by atoms with Gasteiger partial charge in [0.05, 0.1) is 13.5 Å². The molecule has 0 aromatic carbocycles. The van der Waals surface area contributed by atoms with Crippen LogP contribution in [-0.4, -0.2) is 49.4 Å². The van der Waals surface area contributed by atoms with E-state index >= 15 is 0 Å². The zero-order chi connectivity index (χ0) is 15.8. The molecular weight excluding hydrogens is 344 g/mol. The molecule has 8 heteroatoms. The molecule has 0 saturated carbocycles. The number of amides is 2. The van der Waals surface area contributed by atoms with Crippen molar-refractivity contribution in [3.63, 3.8) is 0 Å². The average Bonchev–Trinajstić information content (AvgIpc) is 2.87. The van der Waals surface area contributed by atoms with Gasteiger partial charge in [0.25, 0.3) is 5.91 Å². The van der Waals surface area contributed by atoms with Crippen LogP contribution >= 0.6 is 15.9 Å². The number of hydrogen-bond donors (Lipinski definition) is 1. The Labute approximate surface area is 130 Å². The molecule has 0 radical (unpaired) electrons. The molecule has 21 heavy (non-hydrogen) atoms. The number of rotatable bonds is 7. The van der Waals surface area contributed by atoms with Crippen LogP contribution in [0.2, 0.25) is 0 Å². The molecule has 0 saturated heterocycles. The van der Waals surface area contributed by atoms with Crippen molar-refractivity contribution in [2.75, 3.05) is 26.7 Å². The first kappa shape index (κ1) is 17.2. The largest absolute Gasteiger partial charge is 0.469 e. The first-order valence-corrected chi connectivity index (χ1v) is 7.09. The van der Waals surface area contributed by atoms with E-state index < -0.39 is 5.97 Å². The van der Waals surface area contributed by atoms with Gasteiger partial charge >= 0.3 is 5.97 Å². The van der Waals surface area contributed by atoms with Gasteiger partial charge in [-0.05, 0) is 28.1 Å². The number of carbonyl (C=O) groups is 3. The molecular formula is C13H17BrN2O5. The smallest absolute Gasteiger partial charge is 0.307 e. The number of nitrogens with zero attached hydrogens (tertiary/aromatic N) is 1. The van der Waals surface area contributed by atoms with Crippen LogP contribution in [0.25, 0.3) is 0 Å². The standard InChI is InChI=1S/C13H17BrN2O5/c1-9(17)15-6-8-16(7-5-12(18)20-2)13(19)10-3-4-11(14)21-10/h3-4H,5-8H2,1-2H3,(H,15,17). The Morgan fingerprint density at radius 1 is 1.33 bits per heavy atom. The highest BCUT2D eigenvalue weighted by Gasteiger charge is 2.20. The van der Waals surface area contributed by atoms with E-state index in [1.54, 1.807) is 6.07 Å². The summed E-state index contributed by atoms with van der Waals surface area (Å²) in [4.78, 5) is 35.8. The van der Waals surface area contributed by atoms with Crippen molar-refractivity contribution in [2.24, 2.45) is 0 Å². The van der Waals surface area contributed by atoms with E-state index in [2.05, 4.69) is 26.0 Å². The summed E-state index contributed by atoms with van der Waals surface area (Å²) in [5, 5.41) is 2.60. The van der Waals surface area contributed by atoms with Crippen LogP contribution in [0.1, 0.15) is 23.9 Å². The quantitative estimate of drug-likeness (QED) is 0.737. The van der Waals surface area contributed by atoms with E-state index in [4.69, 9.17) is 4.42 Å². The molecule has 1 rings (SSSR count). The second kappa shape index (κ2) is 8.46. The van der Waals surface area contributed by atoms with Crippen molar-refractivity contribution in [3.05, 3.63) is 22.6 Å². The third-order valence-electron chi connectivity index (χ3n) is 2.64. The normalized spacial score (nSPS) is 10.0. The lowest BCUT2D eigenvalue weighted by Crippen LogP contribution is -2.39. The number of methoxy groups -OCH3 is 1. The van der Waals surface area contributed by atoms with Gasteiger partial charge in [0.2, 0.25) is 5.91 Å². The molecule has 2 amide bonds. The van der Waals surface area contributed by atoms with Gasteiger partial charge in [0, 0.05) is 26.6 Å². The number of halogens is 1. The Morgan fingerprint density at radius 3 is 2.57 bits per heavy atom. The van der Waals surface area contributed by atoms with Gasteiger partial charge in [-0.1, -0.05) is 0 Å². The minimum atomic E-state index is -0.409. The van der Waals surface area contributed by atoms with Crippen LogP contribution in [-0.2, 0) is 14.3 Å². The van der Waals surface area contributed by atoms with Crippen LogP contribution in [0.4, 0.5) is 0 Å². The van der Waals surface area contributed by atoms with E-state index in [0.717, 1.165) is 0 Å². The van der Waals surface area contributed by atoms with Crippen LogP contribution in [0.15, 0.2) is 21.2 Å². The molecule has 1 heterocycles. The lowest BCUT2D eigenvalue weighted by Gasteiger charge is -2.21. The first-order chi connectivity index (χ1) is 9.93. The minimum Gasteiger partial charge on any atom is -0.469 e. The third-order valence-corrected chi connectivity index (χ3v) is 3.07. The van der Waals surface area contributed by atoms with Crippen molar-refractivity contribution >= 4 is 33.7 Å². The highest BCUT2D eigenvalue weighted by Crippen LogP contribution is 2.16. The van der Waals surface area contributed by atoms with Crippen LogP contribution in [0.3, 0.4) is 0 Å². The van der Waals surface area contributed by atoms with Gasteiger partial charge in [-0.25, -0.2) is 0 Å². The summed E-state index contributed by atoms with van der Waals surface area (Å²) in [6.07, 6.45) is 0.0736. The maximum atomic E-state index is 12.3. The fraction of sp³-hybridized carbons (Fsp3) is 0.462. The van der Waals surface area contributed by atoms with Crippen LogP contribution in [0.5, 0.6) is 0 Å². The second-order valence-electron chi connectivity index (χ2n) is 4.21. The lowest BCUT2D eigenvalue weighted by atomic mass is 10.3. The summed E-state index contributed by atoms with van der Waals surface area (Å²) in [5.41, 5.74) is 0. The van der Waals surface area contributed by atoms with Gasteiger partial charge in [-0.2, -0.15) is 0 Å². The molecule has 0 aliphatic carbocycles. The Kier molecular flexibility index (Phi) is 6.93. The molecule has 1 aromatic heterocycles. The Hall–Kier alpha value is -1.83.